The molecule has 104 valence electrons. The van der Waals surface area contributed by atoms with E-state index in [1.807, 2.05) is 13.8 Å². The molecule has 0 N–H and O–H groups in total. The monoisotopic (exact) mass is 331 g/mol. The molecule has 5 nitrogen and oxygen atoms in total. The maximum atomic E-state index is 11.8. The summed E-state index contributed by atoms with van der Waals surface area (Å²) in [6, 6.07) is 0. The van der Waals surface area contributed by atoms with Gasteiger partial charge in [-0.15, -0.1) is 0 Å². The van der Waals surface area contributed by atoms with Crippen LogP contribution in [-0.2, 0) is 19.5 Å². The van der Waals surface area contributed by atoms with Crippen LogP contribution in [0.25, 0.3) is 0 Å². The number of sulfonamides is 1. The molecule has 0 aromatic heterocycles. The van der Waals surface area contributed by atoms with Crippen LogP contribution in [0, 0.1) is 0 Å². The maximum absolute atomic E-state index is 11.8. The molecule has 1 unspecified atom stereocenters. The van der Waals surface area contributed by atoms with E-state index in [2.05, 4.69) is 15.9 Å². The molecular weight excluding hydrogens is 310 g/mol. The zero-order valence-electron chi connectivity index (χ0n) is 10.8. The number of alkyl halides is 1. The third-order valence-electron chi connectivity index (χ3n) is 2.07. The first-order chi connectivity index (χ1) is 7.79. The van der Waals surface area contributed by atoms with Crippen LogP contribution in [-0.4, -0.2) is 63.3 Å². The van der Waals surface area contributed by atoms with E-state index in [0.29, 0.717) is 13.2 Å². The van der Waals surface area contributed by atoms with Crippen LogP contribution in [0.5, 0.6) is 0 Å². The van der Waals surface area contributed by atoms with Gasteiger partial charge in [0.15, 0.2) is 0 Å². The van der Waals surface area contributed by atoms with E-state index in [4.69, 9.17) is 9.47 Å². The molecule has 0 spiro atoms. The van der Waals surface area contributed by atoms with Gasteiger partial charge in [0.1, 0.15) is 0 Å². The molecule has 0 heterocycles. The molecule has 0 aromatic carbocycles. The van der Waals surface area contributed by atoms with E-state index in [1.165, 1.54) is 4.31 Å². The van der Waals surface area contributed by atoms with E-state index in [-0.39, 0.29) is 23.3 Å². The van der Waals surface area contributed by atoms with Gasteiger partial charge in [0.05, 0.1) is 29.9 Å². The summed E-state index contributed by atoms with van der Waals surface area (Å²) in [6.07, 6.45) is 0.0490. The molecule has 0 aliphatic heterocycles. The largest absolute Gasteiger partial charge is 0.383 e. The average molecular weight is 332 g/mol. The Hall–Kier alpha value is 0.310. The predicted octanol–water partition coefficient (Wildman–Crippen LogP) is 1.08. The van der Waals surface area contributed by atoms with Crippen molar-refractivity contribution in [3.63, 3.8) is 0 Å². The first-order valence-electron chi connectivity index (χ1n) is 5.48. The lowest BCUT2D eigenvalue weighted by atomic mass is 10.4. The second-order valence-corrected chi connectivity index (χ2v) is 7.56. The van der Waals surface area contributed by atoms with E-state index in [0.717, 1.165) is 0 Å². The average Bonchev–Trinajstić information content (AvgIpc) is 2.16. The fourth-order valence-corrected chi connectivity index (χ4v) is 3.09. The molecule has 0 aliphatic carbocycles. The van der Waals surface area contributed by atoms with Crippen molar-refractivity contribution < 1.29 is 17.9 Å². The molecular formula is C10H22BrNO4S. The Kier molecular flexibility index (Phi) is 8.57. The number of halogens is 1. The molecule has 1 atom stereocenters. The third kappa shape index (κ3) is 8.10. The molecule has 0 amide bonds. The van der Waals surface area contributed by atoms with Crippen molar-refractivity contribution in [3.8, 4) is 0 Å². The highest BCUT2D eigenvalue weighted by Crippen LogP contribution is 2.07. The van der Waals surface area contributed by atoms with Gasteiger partial charge in [0.2, 0.25) is 10.0 Å². The van der Waals surface area contributed by atoms with Crippen LogP contribution in [0.4, 0.5) is 0 Å². The molecule has 0 saturated carbocycles. The van der Waals surface area contributed by atoms with Crippen LogP contribution >= 0.6 is 15.9 Å². The molecule has 17 heavy (non-hydrogen) atoms. The number of hydrogen-bond acceptors (Lipinski definition) is 4. The Morgan fingerprint density at radius 2 is 1.94 bits per heavy atom. The number of nitrogens with zero attached hydrogens (tertiary/aromatic N) is 1. The van der Waals surface area contributed by atoms with E-state index >= 15 is 0 Å². The number of methoxy groups -OCH3 is 1. The van der Waals surface area contributed by atoms with Gasteiger partial charge in [-0.25, -0.2) is 12.7 Å². The van der Waals surface area contributed by atoms with Crippen molar-refractivity contribution in [1.29, 1.82) is 0 Å². The van der Waals surface area contributed by atoms with Gasteiger partial charge in [0, 0.05) is 20.7 Å². The summed E-state index contributed by atoms with van der Waals surface area (Å²) in [5, 5.41) is 0. The molecule has 0 fully saturated rings. The topological polar surface area (TPSA) is 55.8 Å². The number of ether oxygens (including phenoxy) is 2. The minimum atomic E-state index is -3.25. The standard InChI is InChI=1S/C10H22BrNO4S/c1-9(2)16-5-6-17(13,14)12(3)7-10(11)8-15-4/h9-10H,5-8H2,1-4H3. The summed E-state index contributed by atoms with van der Waals surface area (Å²) in [5.41, 5.74) is 0. The van der Waals surface area contributed by atoms with Gasteiger partial charge < -0.3 is 9.47 Å². The van der Waals surface area contributed by atoms with Crippen LogP contribution in [0.2, 0.25) is 0 Å². The van der Waals surface area contributed by atoms with E-state index < -0.39 is 10.0 Å². The van der Waals surface area contributed by atoms with Crippen LogP contribution in [0.3, 0.4) is 0 Å². The lowest BCUT2D eigenvalue weighted by Crippen LogP contribution is -2.36. The van der Waals surface area contributed by atoms with Crippen molar-refractivity contribution in [2.24, 2.45) is 0 Å². The normalized spacial score (nSPS) is 14.5. The van der Waals surface area contributed by atoms with Gasteiger partial charge in [-0.05, 0) is 13.8 Å². The summed E-state index contributed by atoms with van der Waals surface area (Å²) >= 11 is 3.36. The van der Waals surface area contributed by atoms with Gasteiger partial charge in [-0.1, -0.05) is 15.9 Å². The number of hydrogen-bond donors (Lipinski definition) is 0. The summed E-state index contributed by atoms with van der Waals surface area (Å²) in [7, 11) is -0.0999. The maximum Gasteiger partial charge on any atom is 0.216 e. The van der Waals surface area contributed by atoms with Gasteiger partial charge in [0.25, 0.3) is 0 Å². The zero-order valence-corrected chi connectivity index (χ0v) is 13.3. The molecule has 0 aromatic rings. The lowest BCUT2D eigenvalue weighted by Gasteiger charge is -2.20. The number of rotatable bonds is 9. The molecule has 0 radical (unpaired) electrons. The molecule has 0 aliphatic rings. The summed E-state index contributed by atoms with van der Waals surface area (Å²) < 4.78 is 35.2. The van der Waals surface area contributed by atoms with E-state index in [1.54, 1.807) is 14.2 Å². The SMILES string of the molecule is COCC(Br)CN(C)S(=O)(=O)CCOC(C)C. The fourth-order valence-electron chi connectivity index (χ4n) is 1.17. The Labute approximate surface area is 113 Å². The summed E-state index contributed by atoms with van der Waals surface area (Å²) in [5.74, 6) is 0.00832. The van der Waals surface area contributed by atoms with Crippen LogP contribution in [0.1, 0.15) is 13.8 Å². The summed E-state index contributed by atoms with van der Waals surface area (Å²) in [6.45, 7) is 4.84. The third-order valence-corrected chi connectivity index (χ3v) is 4.41. The lowest BCUT2D eigenvalue weighted by molar-refractivity contribution is 0.0907. The van der Waals surface area contributed by atoms with Crippen LogP contribution in [0.15, 0.2) is 0 Å². The highest BCUT2D eigenvalue weighted by molar-refractivity contribution is 9.09. The van der Waals surface area contributed by atoms with Crippen molar-refractivity contribution in [2.45, 2.75) is 24.8 Å². The minimum absolute atomic E-state index is 0.00158. The fraction of sp³-hybridized carbons (Fsp3) is 1.00. The Bertz CT molecular complexity index is 295. The first kappa shape index (κ1) is 17.3. The summed E-state index contributed by atoms with van der Waals surface area (Å²) in [4.78, 5) is -0.00158. The Morgan fingerprint density at radius 1 is 1.35 bits per heavy atom. The van der Waals surface area contributed by atoms with Crippen molar-refractivity contribution in [2.75, 3.05) is 39.7 Å². The van der Waals surface area contributed by atoms with Crippen molar-refractivity contribution in [3.05, 3.63) is 0 Å². The predicted molar refractivity (Wildman–Crippen MR) is 72.1 cm³/mol. The second-order valence-electron chi connectivity index (χ2n) is 4.07. The van der Waals surface area contributed by atoms with Gasteiger partial charge in [-0.3, -0.25) is 0 Å². The Morgan fingerprint density at radius 3 is 2.41 bits per heavy atom. The smallest absolute Gasteiger partial charge is 0.216 e. The van der Waals surface area contributed by atoms with Gasteiger partial charge in [-0.2, -0.15) is 0 Å². The first-order valence-corrected chi connectivity index (χ1v) is 8.00. The highest BCUT2D eigenvalue weighted by atomic mass is 79.9. The minimum Gasteiger partial charge on any atom is -0.383 e. The second kappa shape index (κ2) is 8.42. The highest BCUT2D eigenvalue weighted by Gasteiger charge is 2.20. The molecule has 0 saturated heterocycles. The molecule has 7 heteroatoms. The zero-order chi connectivity index (χ0) is 13.5. The van der Waals surface area contributed by atoms with Crippen molar-refractivity contribution in [1.82, 2.24) is 4.31 Å². The quantitative estimate of drug-likeness (QED) is 0.593. The molecule has 0 bridgehead atoms. The molecule has 0 rings (SSSR count). The van der Waals surface area contributed by atoms with Gasteiger partial charge >= 0.3 is 0 Å². The van der Waals surface area contributed by atoms with Crippen molar-refractivity contribution >= 4 is 26.0 Å². The van der Waals surface area contributed by atoms with Crippen LogP contribution < -0.4 is 0 Å². The van der Waals surface area contributed by atoms with E-state index in [9.17, 15) is 8.42 Å². The Balaban J connectivity index is 4.11.